The van der Waals surface area contributed by atoms with Crippen molar-refractivity contribution in [2.75, 3.05) is 6.54 Å². The fraction of sp³-hybridized carbons (Fsp3) is 0.471. The Morgan fingerprint density at radius 3 is 2.90 bits per heavy atom. The number of nitrogens with zero attached hydrogens (tertiary/aromatic N) is 1. The first-order chi connectivity index (χ1) is 10.1. The molecule has 112 valence electrons. The topological polar surface area (TPSA) is 46.3 Å². The number of nitrogens with two attached hydrogens (primary N) is 1. The number of benzene rings is 1. The normalized spacial score (nSPS) is 21.0. The van der Waals surface area contributed by atoms with E-state index >= 15 is 0 Å². The lowest BCUT2D eigenvalue weighted by Gasteiger charge is -2.28. The highest BCUT2D eigenvalue weighted by atomic mass is 19.1. The Bertz CT molecular complexity index is 588. The zero-order valence-corrected chi connectivity index (χ0v) is 12.5. The average Bonchev–Trinajstić information content (AvgIpc) is 2.86. The number of hydrogen-bond acceptors (Lipinski definition) is 2. The SMILES string of the molecule is CCC1CCC(C)N1C(=O)c1cc(F)ccc1C#CCN. The summed E-state index contributed by atoms with van der Waals surface area (Å²) in [4.78, 5) is 14.7. The van der Waals surface area contributed by atoms with E-state index in [0.717, 1.165) is 19.3 Å². The van der Waals surface area contributed by atoms with Crippen LogP contribution in [0.15, 0.2) is 18.2 Å². The summed E-state index contributed by atoms with van der Waals surface area (Å²) in [5, 5.41) is 0. The van der Waals surface area contributed by atoms with Crippen molar-refractivity contribution in [1.29, 1.82) is 0 Å². The van der Waals surface area contributed by atoms with E-state index < -0.39 is 5.82 Å². The summed E-state index contributed by atoms with van der Waals surface area (Å²) in [6.07, 6.45) is 2.90. The molecular weight excluding hydrogens is 267 g/mol. The number of halogens is 1. The predicted molar refractivity (Wildman–Crippen MR) is 81.3 cm³/mol. The van der Waals surface area contributed by atoms with Gasteiger partial charge in [-0.15, -0.1) is 0 Å². The molecule has 1 aliphatic heterocycles. The third-order valence-corrected chi connectivity index (χ3v) is 4.03. The van der Waals surface area contributed by atoms with E-state index in [-0.39, 0.29) is 24.5 Å². The standard InChI is InChI=1S/C17H21FN2O/c1-3-15-9-6-12(2)20(15)17(21)16-11-14(18)8-7-13(16)5-4-10-19/h7-8,11-12,15H,3,6,9-10,19H2,1-2H3. The molecule has 1 aliphatic rings. The minimum atomic E-state index is -0.420. The van der Waals surface area contributed by atoms with Crippen LogP contribution in [0, 0.1) is 17.7 Å². The largest absolute Gasteiger partial charge is 0.333 e. The minimum absolute atomic E-state index is 0.132. The van der Waals surface area contributed by atoms with Gasteiger partial charge in [-0.05, 0) is 44.4 Å². The molecule has 3 nitrogen and oxygen atoms in total. The smallest absolute Gasteiger partial charge is 0.255 e. The maximum atomic E-state index is 13.5. The van der Waals surface area contributed by atoms with E-state index in [1.54, 1.807) is 6.07 Å². The first-order valence-electron chi connectivity index (χ1n) is 7.39. The molecule has 1 aromatic carbocycles. The molecule has 0 spiro atoms. The Hall–Kier alpha value is -1.86. The van der Waals surface area contributed by atoms with Crippen molar-refractivity contribution >= 4 is 5.91 Å². The molecule has 4 heteroatoms. The summed E-state index contributed by atoms with van der Waals surface area (Å²) in [5.41, 5.74) is 6.26. The molecule has 0 radical (unpaired) electrons. The Morgan fingerprint density at radius 1 is 1.48 bits per heavy atom. The second kappa shape index (κ2) is 6.73. The highest BCUT2D eigenvalue weighted by Gasteiger charge is 2.34. The second-order valence-electron chi connectivity index (χ2n) is 5.40. The van der Waals surface area contributed by atoms with Crippen molar-refractivity contribution in [3.05, 3.63) is 35.1 Å². The molecule has 1 saturated heterocycles. The van der Waals surface area contributed by atoms with Gasteiger partial charge < -0.3 is 10.6 Å². The highest BCUT2D eigenvalue weighted by Crippen LogP contribution is 2.28. The van der Waals surface area contributed by atoms with Gasteiger partial charge in [0, 0.05) is 17.6 Å². The predicted octanol–water partition coefficient (Wildman–Crippen LogP) is 2.54. The zero-order chi connectivity index (χ0) is 15.4. The maximum absolute atomic E-state index is 13.5. The van der Waals surface area contributed by atoms with E-state index in [0.29, 0.717) is 11.1 Å². The monoisotopic (exact) mass is 288 g/mol. The summed E-state index contributed by atoms with van der Waals surface area (Å²) >= 11 is 0. The minimum Gasteiger partial charge on any atom is -0.333 e. The van der Waals surface area contributed by atoms with E-state index in [2.05, 4.69) is 18.8 Å². The van der Waals surface area contributed by atoms with Crippen molar-refractivity contribution in [2.24, 2.45) is 5.73 Å². The molecule has 1 aromatic rings. The molecule has 2 rings (SSSR count). The average molecular weight is 288 g/mol. The van der Waals surface area contributed by atoms with Crippen LogP contribution >= 0.6 is 0 Å². The Morgan fingerprint density at radius 2 is 2.24 bits per heavy atom. The molecule has 0 bridgehead atoms. The Kier molecular flexibility index (Phi) is 4.98. The van der Waals surface area contributed by atoms with Gasteiger partial charge in [0.2, 0.25) is 0 Å². The third kappa shape index (κ3) is 3.25. The molecule has 1 amide bonds. The molecule has 2 unspecified atom stereocenters. The summed E-state index contributed by atoms with van der Waals surface area (Å²) < 4.78 is 13.5. The number of carbonyl (C=O) groups is 1. The fourth-order valence-corrected chi connectivity index (χ4v) is 2.93. The quantitative estimate of drug-likeness (QED) is 0.850. The number of hydrogen-bond donors (Lipinski definition) is 1. The molecular formula is C17H21FN2O. The van der Waals surface area contributed by atoms with E-state index in [4.69, 9.17) is 5.73 Å². The van der Waals surface area contributed by atoms with Crippen LogP contribution in [0.1, 0.15) is 49.0 Å². The van der Waals surface area contributed by atoms with Gasteiger partial charge in [0.05, 0.1) is 12.1 Å². The van der Waals surface area contributed by atoms with Gasteiger partial charge in [-0.3, -0.25) is 4.79 Å². The molecule has 21 heavy (non-hydrogen) atoms. The Balaban J connectivity index is 2.40. The van der Waals surface area contributed by atoms with Crippen LogP contribution in [-0.2, 0) is 0 Å². The maximum Gasteiger partial charge on any atom is 0.255 e. The zero-order valence-electron chi connectivity index (χ0n) is 12.5. The number of amides is 1. The fourth-order valence-electron chi connectivity index (χ4n) is 2.93. The first kappa shape index (κ1) is 15.5. The van der Waals surface area contributed by atoms with Crippen LogP contribution in [0.5, 0.6) is 0 Å². The van der Waals surface area contributed by atoms with E-state index in [1.807, 2.05) is 11.8 Å². The Labute approximate surface area is 125 Å². The van der Waals surface area contributed by atoms with Crippen molar-refractivity contribution in [3.8, 4) is 11.8 Å². The van der Waals surface area contributed by atoms with Crippen LogP contribution in [0.25, 0.3) is 0 Å². The second-order valence-corrected chi connectivity index (χ2v) is 5.40. The lowest BCUT2D eigenvalue weighted by molar-refractivity contribution is 0.0675. The van der Waals surface area contributed by atoms with Crippen molar-refractivity contribution in [3.63, 3.8) is 0 Å². The van der Waals surface area contributed by atoms with Gasteiger partial charge in [0.1, 0.15) is 5.82 Å². The van der Waals surface area contributed by atoms with Crippen molar-refractivity contribution in [1.82, 2.24) is 4.90 Å². The number of rotatable bonds is 2. The van der Waals surface area contributed by atoms with Crippen LogP contribution in [0.2, 0.25) is 0 Å². The van der Waals surface area contributed by atoms with Crippen molar-refractivity contribution in [2.45, 2.75) is 45.2 Å². The highest BCUT2D eigenvalue weighted by molar-refractivity contribution is 5.97. The lowest BCUT2D eigenvalue weighted by Crippen LogP contribution is -2.40. The molecule has 2 N–H and O–H groups in total. The molecule has 0 aromatic heterocycles. The van der Waals surface area contributed by atoms with Gasteiger partial charge in [-0.25, -0.2) is 4.39 Å². The third-order valence-electron chi connectivity index (χ3n) is 4.03. The van der Waals surface area contributed by atoms with Gasteiger partial charge in [0.15, 0.2) is 0 Å². The van der Waals surface area contributed by atoms with Crippen LogP contribution in [0.4, 0.5) is 4.39 Å². The van der Waals surface area contributed by atoms with Gasteiger partial charge >= 0.3 is 0 Å². The van der Waals surface area contributed by atoms with Crippen LogP contribution in [-0.4, -0.2) is 29.4 Å². The number of likely N-dealkylation sites (tertiary alicyclic amines) is 1. The molecule has 0 aliphatic carbocycles. The van der Waals surface area contributed by atoms with Crippen LogP contribution in [0.3, 0.4) is 0 Å². The molecule has 1 heterocycles. The van der Waals surface area contributed by atoms with Crippen LogP contribution < -0.4 is 5.73 Å². The summed E-state index contributed by atoms with van der Waals surface area (Å²) in [6.45, 7) is 4.32. The van der Waals surface area contributed by atoms with E-state index in [9.17, 15) is 9.18 Å². The molecule has 0 saturated carbocycles. The first-order valence-corrected chi connectivity index (χ1v) is 7.39. The lowest BCUT2D eigenvalue weighted by atomic mass is 10.0. The van der Waals surface area contributed by atoms with Crippen molar-refractivity contribution < 1.29 is 9.18 Å². The molecule has 2 atom stereocenters. The van der Waals surface area contributed by atoms with Gasteiger partial charge in [-0.1, -0.05) is 18.8 Å². The summed E-state index contributed by atoms with van der Waals surface area (Å²) in [7, 11) is 0. The summed E-state index contributed by atoms with van der Waals surface area (Å²) in [6, 6.07) is 4.56. The summed E-state index contributed by atoms with van der Waals surface area (Å²) in [5.74, 6) is 5.04. The van der Waals surface area contributed by atoms with E-state index in [1.165, 1.54) is 12.1 Å². The van der Waals surface area contributed by atoms with Gasteiger partial charge in [-0.2, -0.15) is 0 Å². The molecule has 1 fully saturated rings. The van der Waals surface area contributed by atoms with Gasteiger partial charge in [0.25, 0.3) is 5.91 Å². The number of carbonyl (C=O) groups excluding carboxylic acids is 1.